The van der Waals surface area contributed by atoms with E-state index in [0.29, 0.717) is 21.8 Å². The van der Waals surface area contributed by atoms with Crippen LogP contribution in [0.5, 0.6) is 0 Å². The Kier molecular flexibility index (Phi) is 3.24. The van der Waals surface area contributed by atoms with Crippen molar-refractivity contribution < 1.29 is 8.94 Å². The maximum Gasteiger partial charge on any atom is 0.349 e. The zero-order chi connectivity index (χ0) is 16.0. The summed E-state index contributed by atoms with van der Waals surface area (Å²) in [4.78, 5) is 21.3. The van der Waals surface area contributed by atoms with Gasteiger partial charge in [-0.3, -0.25) is 0 Å². The maximum absolute atomic E-state index is 12.1. The first kappa shape index (κ1) is 14.1. The van der Waals surface area contributed by atoms with E-state index in [9.17, 15) is 4.79 Å². The highest BCUT2D eigenvalue weighted by molar-refractivity contribution is 7.14. The number of aromatic nitrogens is 3. The minimum absolute atomic E-state index is 0.0988. The summed E-state index contributed by atoms with van der Waals surface area (Å²) in [5.74, 6) is 0.484. The van der Waals surface area contributed by atoms with E-state index in [1.54, 1.807) is 30.5 Å². The van der Waals surface area contributed by atoms with Crippen LogP contribution in [0.2, 0.25) is 5.02 Å². The number of halogens is 1. The van der Waals surface area contributed by atoms with E-state index in [1.165, 1.54) is 11.3 Å². The van der Waals surface area contributed by atoms with Gasteiger partial charge in [0.1, 0.15) is 11.1 Å². The Hall–Kier alpha value is -2.51. The lowest BCUT2D eigenvalue weighted by atomic mass is 10.2. The number of rotatable bonds is 2. The summed E-state index contributed by atoms with van der Waals surface area (Å²) < 4.78 is 10.5. The zero-order valence-electron chi connectivity index (χ0n) is 11.7. The van der Waals surface area contributed by atoms with Crippen LogP contribution in [0, 0.1) is 6.92 Å². The van der Waals surface area contributed by atoms with E-state index in [0.717, 1.165) is 9.88 Å². The molecule has 0 N–H and O–H groups in total. The van der Waals surface area contributed by atoms with Gasteiger partial charge in [-0.05, 0) is 31.2 Å². The third kappa shape index (κ3) is 2.54. The second-order valence-electron chi connectivity index (χ2n) is 4.80. The Bertz CT molecular complexity index is 1080. The quantitative estimate of drug-likeness (QED) is 0.512. The van der Waals surface area contributed by atoms with Crippen LogP contribution in [-0.2, 0) is 0 Å². The predicted molar refractivity (Wildman–Crippen MR) is 86.6 cm³/mol. The molecule has 0 aliphatic rings. The fourth-order valence-corrected chi connectivity index (χ4v) is 3.02. The topological polar surface area (TPSA) is 82.0 Å². The van der Waals surface area contributed by atoms with E-state index in [4.69, 9.17) is 20.5 Å². The lowest BCUT2D eigenvalue weighted by Gasteiger charge is -1.98. The Morgan fingerprint density at radius 2 is 2.13 bits per heavy atom. The molecule has 1 aromatic carbocycles. The van der Waals surface area contributed by atoms with Crippen molar-refractivity contribution in [2.45, 2.75) is 6.92 Å². The molecule has 23 heavy (non-hydrogen) atoms. The molecule has 4 rings (SSSR count). The van der Waals surface area contributed by atoms with Crippen LogP contribution >= 0.6 is 22.9 Å². The third-order valence-corrected chi connectivity index (χ3v) is 4.34. The Labute approximate surface area is 138 Å². The van der Waals surface area contributed by atoms with Gasteiger partial charge in [-0.25, -0.2) is 9.78 Å². The zero-order valence-corrected chi connectivity index (χ0v) is 13.3. The van der Waals surface area contributed by atoms with Gasteiger partial charge in [0.05, 0.1) is 9.88 Å². The highest BCUT2D eigenvalue weighted by Crippen LogP contribution is 2.27. The largest absolute Gasteiger partial charge is 0.422 e. The fraction of sp³-hybridized carbons (Fsp3) is 0.0667. The molecule has 0 unspecified atom stereocenters. The molecule has 0 aliphatic heterocycles. The van der Waals surface area contributed by atoms with Crippen LogP contribution in [0.15, 0.2) is 44.2 Å². The number of aryl methyl sites for hydroxylation is 1. The molecule has 0 spiro atoms. The molecule has 0 saturated carbocycles. The van der Waals surface area contributed by atoms with Crippen molar-refractivity contribution in [3.05, 3.63) is 50.9 Å². The summed E-state index contributed by atoms with van der Waals surface area (Å²) in [7, 11) is 0. The number of hydrogen-bond acceptors (Lipinski definition) is 7. The lowest BCUT2D eigenvalue weighted by Crippen LogP contribution is -2.02. The summed E-state index contributed by atoms with van der Waals surface area (Å²) in [6.07, 6.45) is 1.66. The lowest BCUT2D eigenvalue weighted by molar-refractivity contribution is 0.429. The molecule has 114 valence electrons. The smallest absolute Gasteiger partial charge is 0.349 e. The SMILES string of the molecule is Cc1ncc(-c2noc(-c3cc4cc(Cl)ccc4oc3=O)n2)s1. The predicted octanol–water partition coefficient (Wildman–Crippen LogP) is 3.93. The highest BCUT2D eigenvalue weighted by Gasteiger charge is 2.17. The fourth-order valence-electron chi connectivity index (χ4n) is 2.14. The second-order valence-corrected chi connectivity index (χ2v) is 6.47. The van der Waals surface area contributed by atoms with Gasteiger partial charge < -0.3 is 8.94 Å². The van der Waals surface area contributed by atoms with Crippen molar-refractivity contribution >= 4 is 33.9 Å². The molecule has 6 nitrogen and oxygen atoms in total. The van der Waals surface area contributed by atoms with E-state index in [2.05, 4.69) is 15.1 Å². The summed E-state index contributed by atoms with van der Waals surface area (Å²) in [5.41, 5.74) is 0.0937. The van der Waals surface area contributed by atoms with E-state index in [-0.39, 0.29) is 11.5 Å². The van der Waals surface area contributed by atoms with E-state index in [1.807, 2.05) is 6.92 Å². The first-order valence-electron chi connectivity index (χ1n) is 6.60. The van der Waals surface area contributed by atoms with Crippen LogP contribution in [0.25, 0.3) is 33.1 Å². The van der Waals surface area contributed by atoms with Crippen molar-refractivity contribution in [2.24, 2.45) is 0 Å². The minimum Gasteiger partial charge on any atom is -0.422 e. The molecule has 0 saturated heterocycles. The molecule has 3 heterocycles. The van der Waals surface area contributed by atoms with Crippen LogP contribution in [0.3, 0.4) is 0 Å². The number of fused-ring (bicyclic) bond motifs is 1. The molecule has 0 fully saturated rings. The van der Waals surface area contributed by atoms with Gasteiger partial charge in [0.2, 0.25) is 5.82 Å². The van der Waals surface area contributed by atoms with Crippen molar-refractivity contribution in [3.8, 4) is 22.2 Å². The molecule has 0 aliphatic carbocycles. The number of nitrogens with zero attached hydrogens (tertiary/aromatic N) is 3. The Morgan fingerprint density at radius 3 is 2.91 bits per heavy atom. The van der Waals surface area contributed by atoms with Gasteiger partial charge in [0.15, 0.2) is 0 Å². The molecule has 0 radical (unpaired) electrons. The molecule has 8 heteroatoms. The third-order valence-electron chi connectivity index (χ3n) is 3.19. The van der Waals surface area contributed by atoms with Gasteiger partial charge in [-0.2, -0.15) is 4.98 Å². The van der Waals surface area contributed by atoms with Gasteiger partial charge >= 0.3 is 5.63 Å². The van der Waals surface area contributed by atoms with Crippen molar-refractivity contribution in [1.82, 2.24) is 15.1 Å². The molecule has 4 aromatic rings. The number of benzene rings is 1. The van der Waals surface area contributed by atoms with Crippen LogP contribution in [0.4, 0.5) is 0 Å². The normalized spacial score (nSPS) is 11.2. The van der Waals surface area contributed by atoms with Crippen LogP contribution in [0.1, 0.15) is 5.01 Å². The Balaban J connectivity index is 1.84. The van der Waals surface area contributed by atoms with Gasteiger partial charge in [0.25, 0.3) is 5.89 Å². The molecular weight excluding hydrogens is 338 g/mol. The summed E-state index contributed by atoms with van der Waals surface area (Å²) >= 11 is 7.41. The molecule has 3 aromatic heterocycles. The number of hydrogen-bond donors (Lipinski definition) is 0. The molecule has 0 atom stereocenters. The van der Waals surface area contributed by atoms with E-state index < -0.39 is 5.63 Å². The molecule has 0 amide bonds. The highest BCUT2D eigenvalue weighted by atomic mass is 35.5. The summed E-state index contributed by atoms with van der Waals surface area (Å²) in [6.45, 7) is 1.89. The van der Waals surface area contributed by atoms with Crippen molar-refractivity contribution in [1.29, 1.82) is 0 Å². The monoisotopic (exact) mass is 345 g/mol. The van der Waals surface area contributed by atoms with Crippen LogP contribution in [-0.4, -0.2) is 15.1 Å². The van der Waals surface area contributed by atoms with Crippen molar-refractivity contribution in [2.75, 3.05) is 0 Å². The minimum atomic E-state index is -0.546. The molecular formula is C15H8ClN3O3S. The first-order chi connectivity index (χ1) is 11.1. The summed E-state index contributed by atoms with van der Waals surface area (Å²) in [5, 5.41) is 6.01. The average molecular weight is 346 g/mol. The standard InChI is InChI=1S/C15H8ClN3O3S/c1-7-17-6-12(23-7)13-18-14(22-19-13)10-5-8-4-9(16)2-3-11(8)21-15(10)20/h2-6H,1H3. The first-order valence-corrected chi connectivity index (χ1v) is 7.80. The van der Waals surface area contributed by atoms with Gasteiger partial charge in [-0.15, -0.1) is 11.3 Å². The Morgan fingerprint density at radius 1 is 1.26 bits per heavy atom. The van der Waals surface area contributed by atoms with E-state index >= 15 is 0 Å². The average Bonchev–Trinajstić information content (AvgIpc) is 3.16. The second kappa shape index (κ2) is 5.29. The summed E-state index contributed by atoms with van der Waals surface area (Å²) in [6, 6.07) is 6.63. The number of thiazole rings is 1. The van der Waals surface area contributed by atoms with Crippen molar-refractivity contribution in [3.63, 3.8) is 0 Å². The van der Waals surface area contributed by atoms with Crippen LogP contribution < -0.4 is 5.63 Å². The maximum atomic E-state index is 12.1. The molecule has 0 bridgehead atoms. The van der Waals surface area contributed by atoms with Gasteiger partial charge in [0, 0.05) is 16.6 Å². The van der Waals surface area contributed by atoms with Gasteiger partial charge in [-0.1, -0.05) is 16.8 Å².